The van der Waals surface area contributed by atoms with Crippen LogP contribution < -0.4 is 4.74 Å². The summed E-state index contributed by atoms with van der Waals surface area (Å²) in [6.07, 6.45) is 2.46. The maximum absolute atomic E-state index is 11.7. The average Bonchev–Trinajstić information content (AvgIpc) is 2.75. The molecule has 0 fully saturated rings. The van der Waals surface area contributed by atoms with E-state index in [4.69, 9.17) is 9.84 Å². The van der Waals surface area contributed by atoms with E-state index in [0.29, 0.717) is 31.6 Å². The van der Waals surface area contributed by atoms with Crippen molar-refractivity contribution in [2.75, 3.05) is 6.61 Å². The van der Waals surface area contributed by atoms with Crippen molar-refractivity contribution in [3.8, 4) is 5.75 Å². The summed E-state index contributed by atoms with van der Waals surface area (Å²) in [4.78, 5) is 22.6. The molecule has 0 spiro atoms. The lowest BCUT2D eigenvalue weighted by Gasteiger charge is -2.13. The maximum Gasteiger partial charge on any atom is 0.306 e. The Hall–Kier alpha value is -1.11. The number of hydrogen-bond acceptors (Lipinski definition) is 3. The molecule has 0 saturated carbocycles. The van der Waals surface area contributed by atoms with Crippen molar-refractivity contribution < 1.29 is 19.4 Å². The van der Waals surface area contributed by atoms with Gasteiger partial charge in [0, 0.05) is 12.0 Å². The van der Waals surface area contributed by atoms with Crippen molar-refractivity contribution >= 4 is 34.3 Å². The predicted octanol–water partition coefficient (Wildman–Crippen LogP) is 3.30. The summed E-state index contributed by atoms with van der Waals surface area (Å²) in [6.45, 7) is 2.21. The molecular formula is C15H17IO4. The van der Waals surface area contributed by atoms with Crippen LogP contribution >= 0.6 is 22.6 Å². The van der Waals surface area contributed by atoms with Gasteiger partial charge in [0.25, 0.3) is 0 Å². The number of halogens is 1. The Morgan fingerprint density at radius 1 is 1.45 bits per heavy atom. The molecule has 0 bridgehead atoms. The summed E-state index contributed by atoms with van der Waals surface area (Å²) in [6, 6.07) is 3.79. The number of ether oxygens (including phenoxy) is 1. The Morgan fingerprint density at radius 2 is 2.20 bits per heavy atom. The third-order valence-corrected chi connectivity index (χ3v) is 4.49. The van der Waals surface area contributed by atoms with Gasteiger partial charge in [-0.2, -0.15) is 0 Å². The minimum Gasteiger partial charge on any atom is -0.492 e. The van der Waals surface area contributed by atoms with Gasteiger partial charge in [-0.3, -0.25) is 9.59 Å². The first-order chi connectivity index (χ1) is 9.52. The van der Waals surface area contributed by atoms with Crippen molar-refractivity contribution in [1.82, 2.24) is 0 Å². The van der Waals surface area contributed by atoms with E-state index in [1.807, 2.05) is 13.0 Å². The third kappa shape index (κ3) is 3.31. The molecule has 1 unspecified atom stereocenters. The monoisotopic (exact) mass is 388 g/mol. The van der Waals surface area contributed by atoms with Crippen molar-refractivity contribution in [3.05, 3.63) is 26.8 Å². The van der Waals surface area contributed by atoms with E-state index < -0.39 is 5.97 Å². The quantitative estimate of drug-likeness (QED) is 0.760. The second-order valence-electron chi connectivity index (χ2n) is 4.94. The average molecular weight is 388 g/mol. The van der Waals surface area contributed by atoms with Crippen molar-refractivity contribution in [2.45, 2.75) is 32.6 Å². The fraction of sp³-hybridized carbons (Fsp3) is 0.467. The number of aliphatic carboxylic acids is 1. The number of carboxylic acids is 1. The normalized spacial score (nSPS) is 15.0. The van der Waals surface area contributed by atoms with Crippen LogP contribution in [0.25, 0.3) is 0 Å². The van der Waals surface area contributed by atoms with E-state index in [-0.39, 0.29) is 11.7 Å². The van der Waals surface area contributed by atoms with Crippen LogP contribution in [0, 0.1) is 9.49 Å². The number of carboxylic acid groups (broad SMARTS) is 1. The molecule has 1 aliphatic carbocycles. The van der Waals surface area contributed by atoms with Crippen molar-refractivity contribution in [3.63, 3.8) is 0 Å². The number of aryl methyl sites for hydroxylation is 1. The summed E-state index contributed by atoms with van der Waals surface area (Å²) in [5.74, 6) is -0.309. The number of rotatable bonds is 6. The molecule has 1 atom stereocenters. The zero-order valence-corrected chi connectivity index (χ0v) is 13.5. The standard InChI is InChI=1S/C15H17IO4/c1-2-9(15(18)19)5-6-20-14-8-11-10(7-12(14)16)3-4-13(11)17/h7-9H,2-6H2,1H3,(H,18,19). The van der Waals surface area contributed by atoms with Gasteiger partial charge in [0.15, 0.2) is 5.78 Å². The second-order valence-corrected chi connectivity index (χ2v) is 6.11. The number of carbonyl (C=O) groups excluding carboxylic acids is 1. The third-order valence-electron chi connectivity index (χ3n) is 3.65. The molecule has 20 heavy (non-hydrogen) atoms. The minimum atomic E-state index is -0.782. The summed E-state index contributed by atoms with van der Waals surface area (Å²) >= 11 is 2.19. The van der Waals surface area contributed by atoms with E-state index in [1.54, 1.807) is 6.07 Å². The molecule has 4 nitrogen and oxygen atoms in total. The Labute approximate surface area is 131 Å². The molecule has 1 aromatic rings. The molecule has 0 aromatic heterocycles. The first-order valence-electron chi connectivity index (χ1n) is 6.74. The van der Waals surface area contributed by atoms with Gasteiger partial charge < -0.3 is 9.84 Å². The highest BCUT2D eigenvalue weighted by atomic mass is 127. The maximum atomic E-state index is 11.7. The minimum absolute atomic E-state index is 0.165. The van der Waals surface area contributed by atoms with Crippen LogP contribution in [0.2, 0.25) is 0 Å². The van der Waals surface area contributed by atoms with Crippen molar-refractivity contribution in [1.29, 1.82) is 0 Å². The fourth-order valence-corrected chi connectivity index (χ4v) is 3.06. The van der Waals surface area contributed by atoms with Crippen LogP contribution in [0.5, 0.6) is 5.75 Å². The molecular weight excluding hydrogens is 371 g/mol. The van der Waals surface area contributed by atoms with Gasteiger partial charge in [0.1, 0.15) is 5.75 Å². The lowest BCUT2D eigenvalue weighted by Crippen LogP contribution is -2.16. The predicted molar refractivity (Wildman–Crippen MR) is 83.3 cm³/mol. The molecule has 0 amide bonds. The number of carbonyl (C=O) groups is 2. The van der Waals surface area contributed by atoms with Gasteiger partial charge in [0.2, 0.25) is 0 Å². The van der Waals surface area contributed by atoms with Crippen molar-refractivity contribution in [2.24, 2.45) is 5.92 Å². The van der Waals surface area contributed by atoms with Crippen LogP contribution in [0.15, 0.2) is 12.1 Å². The molecule has 1 aliphatic rings. The number of fused-ring (bicyclic) bond motifs is 1. The molecule has 0 radical (unpaired) electrons. The van der Waals surface area contributed by atoms with E-state index >= 15 is 0 Å². The first-order valence-corrected chi connectivity index (χ1v) is 7.82. The van der Waals surface area contributed by atoms with E-state index in [9.17, 15) is 9.59 Å². The number of ketones is 1. The zero-order valence-electron chi connectivity index (χ0n) is 11.3. The highest BCUT2D eigenvalue weighted by Gasteiger charge is 2.22. The molecule has 2 rings (SSSR count). The molecule has 108 valence electrons. The second kappa shape index (κ2) is 6.56. The Balaban J connectivity index is 2.02. The largest absolute Gasteiger partial charge is 0.492 e. The molecule has 0 heterocycles. The summed E-state index contributed by atoms with van der Waals surface area (Å²) in [5.41, 5.74) is 1.84. The van der Waals surface area contributed by atoms with Gasteiger partial charge in [-0.25, -0.2) is 0 Å². The highest BCUT2D eigenvalue weighted by molar-refractivity contribution is 14.1. The highest BCUT2D eigenvalue weighted by Crippen LogP contribution is 2.31. The SMILES string of the molecule is CCC(CCOc1cc2c(cc1I)CCC2=O)C(=O)O. The van der Waals surface area contributed by atoms with E-state index in [2.05, 4.69) is 22.6 Å². The zero-order chi connectivity index (χ0) is 14.7. The first kappa shape index (κ1) is 15.3. The summed E-state index contributed by atoms with van der Waals surface area (Å²) in [5, 5.41) is 8.98. The molecule has 0 saturated heterocycles. The van der Waals surface area contributed by atoms with E-state index in [0.717, 1.165) is 21.1 Å². The summed E-state index contributed by atoms with van der Waals surface area (Å²) in [7, 11) is 0. The van der Waals surface area contributed by atoms with Crippen LogP contribution in [0.3, 0.4) is 0 Å². The smallest absolute Gasteiger partial charge is 0.306 e. The fourth-order valence-electron chi connectivity index (χ4n) is 2.37. The van der Waals surface area contributed by atoms with Crippen LogP contribution in [0.4, 0.5) is 0 Å². The van der Waals surface area contributed by atoms with Gasteiger partial charge >= 0.3 is 5.97 Å². The summed E-state index contributed by atoms with van der Waals surface area (Å²) < 4.78 is 6.64. The van der Waals surface area contributed by atoms with Gasteiger partial charge in [-0.05, 0) is 59.5 Å². The lowest BCUT2D eigenvalue weighted by atomic mass is 10.0. The van der Waals surface area contributed by atoms with E-state index in [1.165, 1.54) is 0 Å². The van der Waals surface area contributed by atoms with Gasteiger partial charge in [-0.15, -0.1) is 0 Å². The topological polar surface area (TPSA) is 63.6 Å². The Kier molecular flexibility index (Phi) is 5.01. The Morgan fingerprint density at radius 3 is 2.85 bits per heavy atom. The van der Waals surface area contributed by atoms with Crippen LogP contribution in [-0.4, -0.2) is 23.5 Å². The van der Waals surface area contributed by atoms with Crippen LogP contribution in [-0.2, 0) is 11.2 Å². The molecule has 1 N–H and O–H groups in total. The lowest BCUT2D eigenvalue weighted by molar-refractivity contribution is -0.142. The number of Topliss-reactive ketones (excluding diaryl/α,β-unsaturated/α-hetero) is 1. The molecule has 1 aromatic carbocycles. The number of hydrogen-bond donors (Lipinski definition) is 1. The van der Waals surface area contributed by atoms with Crippen LogP contribution in [0.1, 0.15) is 42.1 Å². The molecule has 5 heteroatoms. The Bertz CT molecular complexity index is 539. The van der Waals surface area contributed by atoms with Gasteiger partial charge in [-0.1, -0.05) is 6.92 Å². The number of benzene rings is 1. The molecule has 0 aliphatic heterocycles. The van der Waals surface area contributed by atoms with Gasteiger partial charge in [0.05, 0.1) is 16.1 Å².